The third kappa shape index (κ3) is 3.51. The topological polar surface area (TPSA) is 86.0 Å². The van der Waals surface area contributed by atoms with Crippen molar-refractivity contribution < 1.29 is 9.13 Å². The molecule has 2 rings (SSSR count). The van der Waals surface area contributed by atoms with Gasteiger partial charge in [0.15, 0.2) is 0 Å². The van der Waals surface area contributed by atoms with Gasteiger partial charge >= 0.3 is 6.01 Å². The minimum absolute atomic E-state index is 0.0504. The summed E-state index contributed by atoms with van der Waals surface area (Å²) in [5.41, 5.74) is 6.05. The van der Waals surface area contributed by atoms with Crippen molar-refractivity contribution >= 4 is 11.9 Å². The number of hydrogen-bond acceptors (Lipinski definition) is 6. The number of benzene rings is 1. The van der Waals surface area contributed by atoms with Gasteiger partial charge in [-0.15, -0.1) is 0 Å². The lowest BCUT2D eigenvalue weighted by Gasteiger charge is -2.07. The molecule has 0 fully saturated rings. The highest BCUT2D eigenvalue weighted by Gasteiger charge is 2.06. The third-order valence-electron chi connectivity index (χ3n) is 2.30. The zero-order chi connectivity index (χ0) is 13.7. The molecule has 6 nitrogen and oxygen atoms in total. The van der Waals surface area contributed by atoms with Gasteiger partial charge in [-0.1, -0.05) is 18.2 Å². The molecule has 1 aromatic heterocycles. The smallest absolute Gasteiger partial charge is 0.323 e. The van der Waals surface area contributed by atoms with Crippen LogP contribution in [0, 0.1) is 5.82 Å². The van der Waals surface area contributed by atoms with Crippen LogP contribution in [-0.2, 0) is 6.54 Å². The number of nitrogens with zero attached hydrogens (tertiary/aromatic N) is 3. The summed E-state index contributed by atoms with van der Waals surface area (Å²) in [4.78, 5) is 11.7. The molecular formula is C12H14FN5O. The van der Waals surface area contributed by atoms with Crippen LogP contribution in [0.25, 0.3) is 0 Å². The molecule has 0 bridgehead atoms. The van der Waals surface area contributed by atoms with Gasteiger partial charge in [-0.3, -0.25) is 0 Å². The van der Waals surface area contributed by atoms with Gasteiger partial charge in [0.1, 0.15) is 5.82 Å². The minimum Gasteiger partial charge on any atom is -0.464 e. The van der Waals surface area contributed by atoms with Crippen LogP contribution < -0.4 is 15.8 Å². The number of aromatic nitrogens is 3. The third-order valence-corrected chi connectivity index (χ3v) is 2.30. The number of anilines is 2. The number of nitrogens with two attached hydrogens (primary N) is 1. The fraction of sp³-hybridized carbons (Fsp3) is 0.250. The lowest BCUT2D eigenvalue weighted by Crippen LogP contribution is -2.09. The number of nitrogen functional groups attached to an aromatic ring is 1. The highest BCUT2D eigenvalue weighted by atomic mass is 19.1. The maximum Gasteiger partial charge on any atom is 0.323 e. The van der Waals surface area contributed by atoms with Crippen molar-refractivity contribution in [2.24, 2.45) is 0 Å². The Hall–Kier alpha value is -2.44. The molecule has 0 saturated carbocycles. The minimum atomic E-state index is -0.290. The second-order valence-corrected chi connectivity index (χ2v) is 3.68. The van der Waals surface area contributed by atoms with Gasteiger partial charge in [-0.2, -0.15) is 15.0 Å². The molecule has 100 valence electrons. The Labute approximate surface area is 109 Å². The summed E-state index contributed by atoms with van der Waals surface area (Å²) in [6, 6.07) is 6.60. The number of halogens is 1. The average molecular weight is 263 g/mol. The average Bonchev–Trinajstić information content (AvgIpc) is 2.37. The van der Waals surface area contributed by atoms with Crippen molar-refractivity contribution in [1.82, 2.24) is 15.0 Å². The van der Waals surface area contributed by atoms with E-state index in [0.717, 1.165) is 0 Å². The monoisotopic (exact) mass is 263 g/mol. The molecule has 0 saturated heterocycles. The zero-order valence-electron chi connectivity index (χ0n) is 10.4. The lowest BCUT2D eigenvalue weighted by molar-refractivity contribution is 0.312. The fourth-order valence-corrected chi connectivity index (χ4v) is 1.46. The molecule has 1 heterocycles. The Morgan fingerprint density at radius 2 is 2.05 bits per heavy atom. The van der Waals surface area contributed by atoms with Crippen LogP contribution in [0.2, 0.25) is 0 Å². The molecule has 0 aliphatic rings. The Morgan fingerprint density at radius 3 is 2.79 bits per heavy atom. The molecule has 7 heteroatoms. The Morgan fingerprint density at radius 1 is 1.26 bits per heavy atom. The molecule has 0 aliphatic carbocycles. The van der Waals surface area contributed by atoms with Gasteiger partial charge in [0.25, 0.3) is 0 Å². The van der Waals surface area contributed by atoms with Crippen molar-refractivity contribution in [2.45, 2.75) is 13.5 Å². The summed E-state index contributed by atoms with van der Waals surface area (Å²) in [6.45, 7) is 2.49. The molecule has 0 spiro atoms. The van der Waals surface area contributed by atoms with Crippen LogP contribution in [0.4, 0.5) is 16.3 Å². The van der Waals surface area contributed by atoms with E-state index in [1.165, 1.54) is 6.07 Å². The van der Waals surface area contributed by atoms with E-state index in [-0.39, 0.29) is 30.3 Å². The van der Waals surface area contributed by atoms with E-state index in [0.29, 0.717) is 12.2 Å². The van der Waals surface area contributed by atoms with Crippen molar-refractivity contribution in [2.75, 3.05) is 17.7 Å². The summed E-state index contributed by atoms with van der Waals surface area (Å²) < 4.78 is 18.6. The van der Waals surface area contributed by atoms with E-state index in [4.69, 9.17) is 10.5 Å². The molecule has 0 atom stereocenters. The van der Waals surface area contributed by atoms with E-state index >= 15 is 0 Å². The summed E-state index contributed by atoms with van der Waals surface area (Å²) in [5.74, 6) is 0.00995. The van der Waals surface area contributed by atoms with E-state index in [2.05, 4.69) is 20.3 Å². The first-order valence-electron chi connectivity index (χ1n) is 5.80. The Bertz CT molecular complexity index is 564. The van der Waals surface area contributed by atoms with E-state index in [9.17, 15) is 4.39 Å². The molecule has 0 aliphatic heterocycles. The Kier molecular flexibility index (Phi) is 4.07. The summed E-state index contributed by atoms with van der Waals surface area (Å²) in [6.07, 6.45) is 0. The van der Waals surface area contributed by atoms with Crippen LogP contribution in [0.1, 0.15) is 12.5 Å². The van der Waals surface area contributed by atoms with Gasteiger partial charge in [-0.25, -0.2) is 4.39 Å². The Balaban J connectivity index is 2.09. The molecule has 19 heavy (non-hydrogen) atoms. The van der Waals surface area contributed by atoms with Crippen molar-refractivity contribution in [3.8, 4) is 6.01 Å². The van der Waals surface area contributed by atoms with Crippen LogP contribution >= 0.6 is 0 Å². The maximum absolute atomic E-state index is 13.4. The van der Waals surface area contributed by atoms with Crippen molar-refractivity contribution in [3.63, 3.8) is 0 Å². The summed E-state index contributed by atoms with van der Waals surface area (Å²) >= 11 is 0. The van der Waals surface area contributed by atoms with Crippen molar-refractivity contribution in [3.05, 3.63) is 35.6 Å². The van der Waals surface area contributed by atoms with E-state index < -0.39 is 0 Å². The number of rotatable bonds is 5. The second kappa shape index (κ2) is 5.94. The predicted octanol–water partition coefficient (Wildman–Crippen LogP) is 1.60. The van der Waals surface area contributed by atoms with Gasteiger partial charge in [0, 0.05) is 12.1 Å². The maximum atomic E-state index is 13.4. The first-order chi connectivity index (χ1) is 9.19. The van der Waals surface area contributed by atoms with Crippen LogP contribution in [0.5, 0.6) is 6.01 Å². The summed E-state index contributed by atoms with van der Waals surface area (Å²) in [5, 5.41) is 2.88. The van der Waals surface area contributed by atoms with Gasteiger partial charge < -0.3 is 15.8 Å². The van der Waals surface area contributed by atoms with Crippen LogP contribution in [-0.4, -0.2) is 21.6 Å². The molecule has 0 unspecified atom stereocenters. The van der Waals surface area contributed by atoms with Crippen molar-refractivity contribution in [1.29, 1.82) is 0 Å². The predicted molar refractivity (Wildman–Crippen MR) is 69.1 cm³/mol. The van der Waals surface area contributed by atoms with Crippen LogP contribution in [0.3, 0.4) is 0 Å². The highest BCUT2D eigenvalue weighted by molar-refractivity contribution is 5.34. The fourth-order valence-electron chi connectivity index (χ4n) is 1.46. The quantitative estimate of drug-likeness (QED) is 0.852. The summed E-state index contributed by atoms with van der Waals surface area (Å²) in [7, 11) is 0. The van der Waals surface area contributed by atoms with Gasteiger partial charge in [0.2, 0.25) is 11.9 Å². The normalized spacial score (nSPS) is 10.2. The second-order valence-electron chi connectivity index (χ2n) is 3.68. The van der Waals surface area contributed by atoms with Gasteiger partial charge in [0.05, 0.1) is 6.61 Å². The molecule has 1 aromatic carbocycles. The first-order valence-corrected chi connectivity index (χ1v) is 5.80. The van der Waals surface area contributed by atoms with Crippen LogP contribution in [0.15, 0.2) is 24.3 Å². The molecular weight excluding hydrogens is 249 g/mol. The number of hydrogen-bond donors (Lipinski definition) is 2. The molecule has 0 radical (unpaired) electrons. The SMILES string of the molecule is CCOc1nc(N)nc(NCc2ccccc2F)n1. The molecule has 2 aromatic rings. The number of nitrogens with one attached hydrogen (secondary N) is 1. The lowest BCUT2D eigenvalue weighted by atomic mass is 10.2. The zero-order valence-corrected chi connectivity index (χ0v) is 10.4. The standard InChI is InChI=1S/C12H14FN5O/c1-2-19-12-17-10(14)16-11(18-12)15-7-8-5-3-4-6-9(8)13/h3-6H,2,7H2,1H3,(H3,14,15,16,17,18). The van der Waals surface area contributed by atoms with Gasteiger partial charge in [-0.05, 0) is 13.0 Å². The molecule has 3 N–H and O–H groups in total. The largest absolute Gasteiger partial charge is 0.464 e. The first kappa shape index (κ1) is 13.0. The highest BCUT2D eigenvalue weighted by Crippen LogP contribution is 2.11. The van der Waals surface area contributed by atoms with E-state index in [1.54, 1.807) is 18.2 Å². The van der Waals surface area contributed by atoms with E-state index in [1.807, 2.05) is 6.92 Å². The molecule has 0 amide bonds. The number of ether oxygens (including phenoxy) is 1.